The fourth-order valence-corrected chi connectivity index (χ4v) is 2.86. The van der Waals surface area contributed by atoms with Gasteiger partial charge in [-0.15, -0.1) is 0 Å². The van der Waals surface area contributed by atoms with Crippen molar-refractivity contribution in [3.63, 3.8) is 0 Å². The fourth-order valence-electron chi connectivity index (χ4n) is 2.86. The zero-order valence-corrected chi connectivity index (χ0v) is 12.4. The summed E-state index contributed by atoms with van der Waals surface area (Å²) < 4.78 is 18.5. The predicted octanol–water partition coefficient (Wildman–Crippen LogP) is 1.33. The second-order valence-corrected chi connectivity index (χ2v) is 6.01. The van der Waals surface area contributed by atoms with Crippen LogP contribution in [0.3, 0.4) is 0 Å². The van der Waals surface area contributed by atoms with Crippen molar-refractivity contribution in [1.29, 1.82) is 0 Å². The minimum absolute atomic E-state index is 0.0496. The number of rotatable bonds is 5. The largest absolute Gasteiger partial charge is 0.481 e. The molecule has 1 aliphatic heterocycles. The molecule has 0 aromatic heterocycles. The van der Waals surface area contributed by atoms with E-state index in [4.69, 9.17) is 4.74 Å². The molecule has 0 radical (unpaired) electrons. The highest BCUT2D eigenvalue weighted by Gasteiger charge is 2.44. The molecule has 1 aliphatic carbocycles. The number of para-hydroxylation sites is 1. The first-order valence-electron chi connectivity index (χ1n) is 7.50. The van der Waals surface area contributed by atoms with E-state index in [-0.39, 0.29) is 30.2 Å². The molecule has 0 unspecified atom stereocenters. The number of benzene rings is 1. The first kappa shape index (κ1) is 14.8. The molecule has 0 spiro atoms. The van der Waals surface area contributed by atoms with E-state index >= 15 is 0 Å². The summed E-state index contributed by atoms with van der Waals surface area (Å²) in [6.07, 6.45) is 1.37. The number of carbonyl (C=O) groups is 2. The van der Waals surface area contributed by atoms with Gasteiger partial charge < -0.3 is 15.0 Å². The Morgan fingerprint density at radius 3 is 2.86 bits per heavy atom. The Morgan fingerprint density at radius 2 is 2.18 bits per heavy atom. The number of hydrogen-bond donors (Lipinski definition) is 1. The lowest BCUT2D eigenvalue weighted by Gasteiger charge is -2.17. The first-order valence-corrected chi connectivity index (χ1v) is 7.50. The van der Waals surface area contributed by atoms with Gasteiger partial charge in [0.1, 0.15) is 0 Å². The summed E-state index contributed by atoms with van der Waals surface area (Å²) in [5, 5.41) is 2.78. The summed E-state index contributed by atoms with van der Waals surface area (Å²) in [5.74, 6) is -0.141. The number of nitrogens with zero attached hydrogens (tertiary/aromatic N) is 1. The third-order valence-corrected chi connectivity index (χ3v) is 4.19. The lowest BCUT2D eigenvalue weighted by atomic mass is 10.2. The highest BCUT2D eigenvalue weighted by atomic mass is 19.1. The maximum atomic E-state index is 13.4. The number of halogens is 1. The summed E-state index contributed by atoms with van der Waals surface area (Å²) in [6, 6.07) is 6.09. The van der Waals surface area contributed by atoms with Gasteiger partial charge in [-0.1, -0.05) is 19.1 Å². The molecule has 2 amide bonds. The van der Waals surface area contributed by atoms with E-state index in [1.807, 2.05) is 4.90 Å². The quantitative estimate of drug-likeness (QED) is 0.893. The van der Waals surface area contributed by atoms with Crippen LogP contribution in [0.5, 0.6) is 5.75 Å². The Morgan fingerprint density at radius 1 is 1.45 bits per heavy atom. The monoisotopic (exact) mass is 306 g/mol. The highest BCUT2D eigenvalue weighted by Crippen LogP contribution is 2.37. The molecule has 3 rings (SSSR count). The van der Waals surface area contributed by atoms with Gasteiger partial charge in [-0.2, -0.15) is 0 Å². The van der Waals surface area contributed by atoms with E-state index in [9.17, 15) is 14.0 Å². The molecule has 2 aliphatic rings. The molecule has 1 heterocycles. The van der Waals surface area contributed by atoms with Crippen molar-refractivity contribution in [3.05, 3.63) is 30.1 Å². The van der Waals surface area contributed by atoms with Crippen LogP contribution in [-0.2, 0) is 9.59 Å². The number of hydrogen-bond acceptors (Lipinski definition) is 3. The van der Waals surface area contributed by atoms with Crippen LogP contribution in [0.2, 0.25) is 0 Å². The molecule has 1 saturated heterocycles. The zero-order valence-electron chi connectivity index (χ0n) is 12.4. The van der Waals surface area contributed by atoms with Crippen molar-refractivity contribution < 1.29 is 18.7 Å². The van der Waals surface area contributed by atoms with E-state index in [1.54, 1.807) is 12.1 Å². The van der Waals surface area contributed by atoms with Gasteiger partial charge in [0.25, 0.3) is 5.91 Å². The lowest BCUT2D eigenvalue weighted by molar-refractivity contribution is -0.128. The standard InChI is InChI=1S/C16H19FN2O3/c1-10-6-13(10)19-8-11(7-16(19)21)18-15(20)9-22-14-5-3-2-4-12(14)17/h2-5,10-11,13H,6-9H2,1H3,(H,18,20)/t10-,11+,13+/m0/s1. The lowest BCUT2D eigenvalue weighted by Crippen LogP contribution is -2.40. The second-order valence-electron chi connectivity index (χ2n) is 6.01. The van der Waals surface area contributed by atoms with Crippen LogP contribution in [-0.4, -0.2) is 41.9 Å². The van der Waals surface area contributed by atoms with E-state index in [1.165, 1.54) is 12.1 Å². The van der Waals surface area contributed by atoms with Crippen LogP contribution < -0.4 is 10.1 Å². The normalized spacial score (nSPS) is 26.9. The molecule has 1 aromatic carbocycles. The average molecular weight is 306 g/mol. The van der Waals surface area contributed by atoms with Crippen molar-refractivity contribution in [3.8, 4) is 5.75 Å². The third kappa shape index (κ3) is 3.21. The second kappa shape index (κ2) is 5.94. The zero-order chi connectivity index (χ0) is 15.7. The van der Waals surface area contributed by atoms with Gasteiger partial charge in [0.2, 0.25) is 5.91 Å². The minimum atomic E-state index is -0.500. The molecule has 6 heteroatoms. The van der Waals surface area contributed by atoms with Gasteiger partial charge in [0.15, 0.2) is 18.2 Å². The molecular weight excluding hydrogens is 287 g/mol. The summed E-state index contributed by atoms with van der Waals surface area (Å²) in [7, 11) is 0. The third-order valence-electron chi connectivity index (χ3n) is 4.19. The first-order chi connectivity index (χ1) is 10.5. The van der Waals surface area contributed by atoms with Gasteiger partial charge in [-0.25, -0.2) is 4.39 Å². The predicted molar refractivity (Wildman–Crippen MR) is 77.7 cm³/mol. The minimum Gasteiger partial charge on any atom is -0.481 e. The Hall–Kier alpha value is -2.11. The maximum absolute atomic E-state index is 13.4. The molecule has 5 nitrogen and oxygen atoms in total. The van der Waals surface area contributed by atoms with Crippen LogP contribution in [0.4, 0.5) is 4.39 Å². The van der Waals surface area contributed by atoms with Crippen LogP contribution in [0.15, 0.2) is 24.3 Å². The molecule has 2 fully saturated rings. The van der Waals surface area contributed by atoms with E-state index in [0.717, 1.165) is 6.42 Å². The Labute approximate surface area is 128 Å². The SMILES string of the molecule is C[C@H]1C[C@H]1N1C[C@H](NC(=O)COc2ccccc2F)CC1=O. The molecule has 0 bridgehead atoms. The van der Waals surface area contributed by atoms with Crippen molar-refractivity contribution in [2.24, 2.45) is 5.92 Å². The topological polar surface area (TPSA) is 58.6 Å². The maximum Gasteiger partial charge on any atom is 0.258 e. The summed E-state index contributed by atoms with van der Waals surface area (Å²) in [4.78, 5) is 25.6. The van der Waals surface area contributed by atoms with E-state index in [2.05, 4.69) is 12.2 Å². The number of likely N-dealkylation sites (tertiary alicyclic amines) is 1. The van der Waals surface area contributed by atoms with E-state index in [0.29, 0.717) is 24.9 Å². The van der Waals surface area contributed by atoms with Crippen molar-refractivity contribution in [2.75, 3.05) is 13.2 Å². The Kier molecular flexibility index (Phi) is 4.00. The summed E-state index contributed by atoms with van der Waals surface area (Å²) >= 11 is 0. The fraction of sp³-hybridized carbons (Fsp3) is 0.500. The van der Waals surface area contributed by atoms with Crippen LogP contribution in [0.25, 0.3) is 0 Å². The molecular formula is C16H19FN2O3. The van der Waals surface area contributed by atoms with Crippen molar-refractivity contribution >= 4 is 11.8 Å². The van der Waals surface area contributed by atoms with Gasteiger partial charge in [-0.3, -0.25) is 9.59 Å². The van der Waals surface area contributed by atoms with Crippen LogP contribution >= 0.6 is 0 Å². The average Bonchev–Trinajstić information content (AvgIpc) is 3.09. The molecule has 1 aromatic rings. The molecule has 3 atom stereocenters. The number of amides is 2. The number of carbonyl (C=O) groups excluding carboxylic acids is 2. The van der Waals surface area contributed by atoms with Gasteiger partial charge >= 0.3 is 0 Å². The van der Waals surface area contributed by atoms with Gasteiger partial charge in [0.05, 0.1) is 6.04 Å². The van der Waals surface area contributed by atoms with Gasteiger partial charge in [0, 0.05) is 19.0 Å². The Bertz CT molecular complexity index is 593. The van der Waals surface area contributed by atoms with Crippen molar-refractivity contribution in [2.45, 2.75) is 31.8 Å². The Balaban J connectivity index is 1.46. The van der Waals surface area contributed by atoms with Crippen LogP contribution in [0.1, 0.15) is 19.8 Å². The van der Waals surface area contributed by atoms with Gasteiger partial charge in [-0.05, 0) is 24.5 Å². The van der Waals surface area contributed by atoms with Crippen molar-refractivity contribution in [1.82, 2.24) is 10.2 Å². The summed E-state index contributed by atoms with van der Waals surface area (Å²) in [5.41, 5.74) is 0. The smallest absolute Gasteiger partial charge is 0.258 e. The molecule has 118 valence electrons. The van der Waals surface area contributed by atoms with E-state index < -0.39 is 5.82 Å². The molecule has 1 N–H and O–H groups in total. The summed E-state index contributed by atoms with van der Waals surface area (Å²) in [6.45, 7) is 2.41. The highest BCUT2D eigenvalue weighted by molar-refractivity contribution is 5.83. The number of ether oxygens (including phenoxy) is 1. The van der Waals surface area contributed by atoms with Crippen LogP contribution in [0, 0.1) is 11.7 Å². The molecule has 1 saturated carbocycles. The number of nitrogens with one attached hydrogen (secondary N) is 1. The molecule has 22 heavy (non-hydrogen) atoms.